The summed E-state index contributed by atoms with van der Waals surface area (Å²) >= 11 is 0. The highest BCUT2D eigenvalue weighted by Gasteiger charge is 2.31. The van der Waals surface area contributed by atoms with Gasteiger partial charge in [-0.15, -0.1) is 0 Å². The van der Waals surface area contributed by atoms with Gasteiger partial charge in [0.05, 0.1) is 19.3 Å². The van der Waals surface area contributed by atoms with E-state index in [1.165, 1.54) is 36.3 Å². The van der Waals surface area contributed by atoms with Crippen LogP contribution < -0.4 is 4.74 Å². The van der Waals surface area contributed by atoms with Crippen LogP contribution in [0.25, 0.3) is 6.08 Å². The van der Waals surface area contributed by atoms with Gasteiger partial charge in [-0.25, -0.2) is 4.39 Å². The first-order valence-corrected chi connectivity index (χ1v) is 6.18. The molecule has 2 rings (SSSR count). The van der Waals surface area contributed by atoms with Crippen molar-refractivity contribution in [3.63, 3.8) is 0 Å². The van der Waals surface area contributed by atoms with Crippen molar-refractivity contribution in [2.24, 2.45) is 0 Å². The lowest BCUT2D eigenvalue weighted by molar-refractivity contribution is -0.125. The quantitative estimate of drug-likeness (QED) is 0.787. The molecule has 1 heterocycles. The third-order valence-electron chi connectivity index (χ3n) is 3.16. The molecule has 0 bridgehead atoms. The highest BCUT2D eigenvalue weighted by molar-refractivity contribution is 5.92. The van der Waals surface area contributed by atoms with Gasteiger partial charge in [0.25, 0.3) is 0 Å². The molecule has 1 aliphatic rings. The van der Waals surface area contributed by atoms with Crippen LogP contribution in [-0.4, -0.2) is 53.4 Å². The molecule has 1 aliphatic heterocycles. The lowest BCUT2D eigenvalue weighted by Crippen LogP contribution is -2.27. The number of nitrogens with zero attached hydrogens (tertiary/aromatic N) is 1. The maximum absolute atomic E-state index is 13.5. The number of carbonyl (C=O) groups is 1. The molecule has 108 valence electrons. The molecule has 0 saturated carbocycles. The Hall–Kier alpha value is -1.92. The van der Waals surface area contributed by atoms with Crippen molar-refractivity contribution in [1.82, 2.24) is 4.90 Å². The Balaban J connectivity index is 2.02. The molecular formula is C14H16FNO4. The van der Waals surface area contributed by atoms with Gasteiger partial charge in [-0.05, 0) is 23.8 Å². The Morgan fingerprint density at radius 2 is 2.05 bits per heavy atom. The number of halogens is 1. The summed E-state index contributed by atoms with van der Waals surface area (Å²) in [5, 5.41) is 18.7. The lowest BCUT2D eigenvalue weighted by Gasteiger charge is -2.12. The predicted octanol–water partition coefficient (Wildman–Crippen LogP) is 0.411. The number of methoxy groups -OCH3 is 1. The topological polar surface area (TPSA) is 70.0 Å². The van der Waals surface area contributed by atoms with Crippen LogP contribution in [0.3, 0.4) is 0 Å². The van der Waals surface area contributed by atoms with Gasteiger partial charge in [-0.1, -0.05) is 6.07 Å². The van der Waals surface area contributed by atoms with Gasteiger partial charge >= 0.3 is 0 Å². The summed E-state index contributed by atoms with van der Waals surface area (Å²) < 4.78 is 18.3. The molecule has 0 aliphatic carbocycles. The zero-order valence-electron chi connectivity index (χ0n) is 11.0. The van der Waals surface area contributed by atoms with Crippen LogP contribution in [0.15, 0.2) is 24.3 Å². The van der Waals surface area contributed by atoms with Gasteiger partial charge in [0.1, 0.15) is 0 Å². The van der Waals surface area contributed by atoms with Crippen LogP contribution in [0.2, 0.25) is 0 Å². The van der Waals surface area contributed by atoms with Crippen molar-refractivity contribution in [2.45, 2.75) is 12.2 Å². The summed E-state index contributed by atoms with van der Waals surface area (Å²) in [4.78, 5) is 13.2. The Kier molecular flexibility index (Phi) is 4.36. The van der Waals surface area contributed by atoms with Crippen LogP contribution >= 0.6 is 0 Å². The average molecular weight is 281 g/mol. The number of amides is 1. The van der Waals surface area contributed by atoms with Crippen LogP contribution in [0.5, 0.6) is 5.75 Å². The molecule has 2 atom stereocenters. The number of carbonyl (C=O) groups excluding carboxylic acids is 1. The maximum Gasteiger partial charge on any atom is 0.246 e. The molecule has 0 unspecified atom stereocenters. The molecule has 0 radical (unpaired) electrons. The van der Waals surface area contributed by atoms with E-state index >= 15 is 0 Å². The fraction of sp³-hybridized carbons (Fsp3) is 0.357. The fourth-order valence-corrected chi connectivity index (χ4v) is 2.01. The zero-order chi connectivity index (χ0) is 14.7. The molecular weight excluding hydrogens is 265 g/mol. The fourth-order valence-electron chi connectivity index (χ4n) is 2.01. The van der Waals surface area contributed by atoms with Crippen LogP contribution in [0, 0.1) is 5.82 Å². The van der Waals surface area contributed by atoms with Gasteiger partial charge in [0, 0.05) is 19.2 Å². The summed E-state index contributed by atoms with van der Waals surface area (Å²) in [7, 11) is 1.38. The number of aliphatic hydroxyl groups excluding tert-OH is 2. The van der Waals surface area contributed by atoms with Crippen LogP contribution in [0.4, 0.5) is 4.39 Å². The Labute approximate surface area is 115 Å². The second-order valence-corrected chi connectivity index (χ2v) is 4.61. The summed E-state index contributed by atoms with van der Waals surface area (Å²) in [5.41, 5.74) is 0.525. The molecule has 2 N–H and O–H groups in total. The molecule has 1 saturated heterocycles. The van der Waals surface area contributed by atoms with Gasteiger partial charge in [0.15, 0.2) is 11.6 Å². The highest BCUT2D eigenvalue weighted by atomic mass is 19.1. The first-order chi connectivity index (χ1) is 9.51. The van der Waals surface area contributed by atoms with E-state index < -0.39 is 18.0 Å². The predicted molar refractivity (Wildman–Crippen MR) is 70.6 cm³/mol. The first kappa shape index (κ1) is 14.5. The van der Waals surface area contributed by atoms with Crippen LogP contribution in [0.1, 0.15) is 5.56 Å². The molecule has 0 spiro atoms. The van der Waals surface area contributed by atoms with E-state index in [-0.39, 0.29) is 24.7 Å². The number of benzene rings is 1. The van der Waals surface area contributed by atoms with E-state index in [4.69, 9.17) is 4.74 Å². The normalized spacial score (nSPS) is 22.5. The Morgan fingerprint density at radius 1 is 1.40 bits per heavy atom. The van der Waals surface area contributed by atoms with E-state index in [0.29, 0.717) is 5.56 Å². The lowest BCUT2D eigenvalue weighted by atomic mass is 10.2. The number of aliphatic hydroxyl groups is 2. The van der Waals surface area contributed by atoms with Crippen molar-refractivity contribution >= 4 is 12.0 Å². The number of rotatable bonds is 3. The van der Waals surface area contributed by atoms with E-state index in [0.717, 1.165) is 0 Å². The Morgan fingerprint density at radius 3 is 2.60 bits per heavy atom. The third kappa shape index (κ3) is 3.15. The second kappa shape index (κ2) is 6.02. The molecule has 0 aromatic heterocycles. The van der Waals surface area contributed by atoms with Crippen molar-refractivity contribution in [2.75, 3.05) is 20.2 Å². The molecule has 20 heavy (non-hydrogen) atoms. The second-order valence-electron chi connectivity index (χ2n) is 4.61. The number of β-amino-alcohol motifs (C(OH)–C–C–N with tert-alkyl or cyclic N) is 2. The summed E-state index contributed by atoms with van der Waals surface area (Å²) in [6.07, 6.45) is 0.935. The smallest absolute Gasteiger partial charge is 0.246 e. The number of hydrogen-bond donors (Lipinski definition) is 2. The standard InChI is InChI=1S/C14H16FNO4/c1-20-13-4-2-9(6-10(13)15)3-5-14(19)16-7-11(17)12(18)8-16/h2-6,11-12,17-18H,7-8H2,1H3/t11-,12+. The molecule has 5 nitrogen and oxygen atoms in total. The maximum atomic E-state index is 13.5. The first-order valence-electron chi connectivity index (χ1n) is 6.18. The van der Waals surface area contributed by atoms with Crippen LogP contribution in [-0.2, 0) is 4.79 Å². The molecule has 1 aromatic rings. The van der Waals surface area contributed by atoms with E-state index in [1.54, 1.807) is 6.07 Å². The van der Waals surface area contributed by atoms with Crippen molar-refractivity contribution in [3.05, 3.63) is 35.7 Å². The molecule has 1 fully saturated rings. The highest BCUT2D eigenvalue weighted by Crippen LogP contribution is 2.18. The largest absolute Gasteiger partial charge is 0.494 e. The number of likely N-dealkylation sites (tertiary alicyclic amines) is 1. The van der Waals surface area contributed by atoms with Gasteiger partial charge < -0.3 is 19.8 Å². The van der Waals surface area contributed by atoms with Crippen molar-refractivity contribution < 1.29 is 24.1 Å². The molecule has 1 aromatic carbocycles. The minimum atomic E-state index is -0.911. The van der Waals surface area contributed by atoms with Crippen molar-refractivity contribution in [3.8, 4) is 5.75 Å². The number of hydrogen-bond acceptors (Lipinski definition) is 4. The van der Waals surface area contributed by atoms with Crippen molar-refractivity contribution in [1.29, 1.82) is 0 Å². The van der Waals surface area contributed by atoms with E-state index in [2.05, 4.69) is 0 Å². The zero-order valence-corrected chi connectivity index (χ0v) is 11.0. The average Bonchev–Trinajstić information content (AvgIpc) is 2.76. The molecule has 1 amide bonds. The third-order valence-corrected chi connectivity index (χ3v) is 3.16. The van der Waals surface area contributed by atoms with E-state index in [9.17, 15) is 19.4 Å². The SMILES string of the molecule is COc1ccc(C=CC(=O)N2C[C@@H](O)[C@@H](O)C2)cc1F. The van der Waals surface area contributed by atoms with Gasteiger partial charge in [-0.2, -0.15) is 0 Å². The minimum absolute atomic E-state index is 0.0985. The van der Waals surface area contributed by atoms with Gasteiger partial charge in [-0.3, -0.25) is 4.79 Å². The summed E-state index contributed by atoms with van der Waals surface area (Å²) in [5.74, 6) is -0.704. The minimum Gasteiger partial charge on any atom is -0.494 e. The summed E-state index contributed by atoms with van der Waals surface area (Å²) in [6, 6.07) is 4.36. The van der Waals surface area contributed by atoms with Gasteiger partial charge in [0.2, 0.25) is 5.91 Å². The monoisotopic (exact) mass is 281 g/mol. The summed E-state index contributed by atoms with van der Waals surface area (Å²) in [6.45, 7) is 0.197. The Bertz CT molecular complexity index is 522. The number of ether oxygens (including phenoxy) is 1. The molecule has 6 heteroatoms. The van der Waals surface area contributed by atoms with E-state index in [1.807, 2.05) is 0 Å².